The van der Waals surface area contributed by atoms with E-state index in [1.165, 1.54) is 11.3 Å². The lowest BCUT2D eigenvalue weighted by Gasteiger charge is -2.50. The Bertz CT molecular complexity index is 695. The van der Waals surface area contributed by atoms with E-state index in [4.69, 9.17) is 4.74 Å². The largest absolute Gasteiger partial charge is 0.371 e. The molecule has 0 saturated carbocycles. The number of nitrogens with one attached hydrogen (secondary N) is 1. The van der Waals surface area contributed by atoms with Crippen molar-refractivity contribution in [3.63, 3.8) is 0 Å². The summed E-state index contributed by atoms with van der Waals surface area (Å²) in [6.45, 7) is 4.08. The van der Waals surface area contributed by atoms with Crippen LogP contribution in [0.3, 0.4) is 0 Å². The Morgan fingerprint density at radius 3 is 2.91 bits per heavy atom. The topological polar surface area (TPSA) is 88.6 Å². The highest BCUT2D eigenvalue weighted by Gasteiger charge is 2.54. The van der Waals surface area contributed by atoms with Crippen LogP contribution < -0.4 is 4.72 Å². The summed E-state index contributed by atoms with van der Waals surface area (Å²) in [4.78, 5) is 18.4. The molecule has 1 spiro atoms. The first-order valence-corrected chi connectivity index (χ1v) is 10.4. The van der Waals surface area contributed by atoms with E-state index in [1.807, 2.05) is 6.92 Å². The highest BCUT2D eigenvalue weighted by Crippen LogP contribution is 2.42. The Kier molecular flexibility index (Phi) is 4.47. The van der Waals surface area contributed by atoms with Gasteiger partial charge in [0, 0.05) is 18.5 Å². The zero-order chi connectivity index (χ0) is 16.7. The minimum absolute atomic E-state index is 0.0523. The van der Waals surface area contributed by atoms with E-state index in [0.29, 0.717) is 31.9 Å². The van der Waals surface area contributed by atoms with Crippen LogP contribution in [0.4, 0.5) is 0 Å². The number of hydrogen-bond donors (Lipinski definition) is 1. The predicted molar refractivity (Wildman–Crippen MR) is 87.0 cm³/mol. The van der Waals surface area contributed by atoms with Gasteiger partial charge in [0.05, 0.1) is 24.4 Å². The van der Waals surface area contributed by atoms with Crippen LogP contribution in [0.25, 0.3) is 0 Å². The van der Waals surface area contributed by atoms with E-state index < -0.39 is 10.0 Å². The van der Waals surface area contributed by atoms with E-state index >= 15 is 0 Å². The molecule has 0 bridgehead atoms. The Morgan fingerprint density at radius 2 is 2.30 bits per heavy atom. The molecule has 0 unspecified atom stereocenters. The first-order chi connectivity index (χ1) is 10.8. The number of carbonyl (C=O) groups excluding carboxylic acids is 1. The lowest BCUT2D eigenvalue weighted by atomic mass is 9.79. The van der Waals surface area contributed by atoms with Crippen LogP contribution in [0.1, 0.15) is 28.3 Å². The van der Waals surface area contributed by atoms with Gasteiger partial charge in [0.2, 0.25) is 10.0 Å². The third kappa shape index (κ3) is 3.57. The monoisotopic (exact) mass is 359 g/mol. The summed E-state index contributed by atoms with van der Waals surface area (Å²) in [5.41, 5.74) is 0.190. The van der Waals surface area contributed by atoms with E-state index in [1.54, 1.807) is 10.3 Å². The molecule has 128 valence electrons. The highest BCUT2D eigenvalue weighted by atomic mass is 32.2. The summed E-state index contributed by atoms with van der Waals surface area (Å²) < 4.78 is 30.7. The molecule has 7 nitrogen and oxygen atoms in total. The number of aryl methyl sites for hydroxylation is 1. The number of sulfonamides is 1. The average Bonchev–Trinajstić information content (AvgIpc) is 3.01. The summed E-state index contributed by atoms with van der Waals surface area (Å²) in [6.07, 6.45) is 2.79. The highest BCUT2D eigenvalue weighted by molar-refractivity contribution is 7.88. The van der Waals surface area contributed by atoms with Crippen molar-refractivity contribution in [3.8, 4) is 0 Å². The molecule has 3 heterocycles. The van der Waals surface area contributed by atoms with Gasteiger partial charge in [-0.15, -0.1) is 11.3 Å². The lowest BCUT2D eigenvalue weighted by molar-refractivity contribution is -0.117. The normalized spacial score (nSPS) is 23.2. The molecule has 1 aromatic heterocycles. The van der Waals surface area contributed by atoms with Crippen LogP contribution in [0.2, 0.25) is 0 Å². The molecule has 9 heteroatoms. The molecular weight excluding hydrogens is 338 g/mol. The molecule has 2 aliphatic rings. The van der Waals surface area contributed by atoms with Gasteiger partial charge >= 0.3 is 0 Å². The Balaban J connectivity index is 1.56. The minimum Gasteiger partial charge on any atom is -0.371 e. The average molecular weight is 359 g/mol. The number of rotatable bonds is 5. The van der Waals surface area contributed by atoms with Gasteiger partial charge in [-0.3, -0.25) is 4.79 Å². The second-order valence-electron chi connectivity index (χ2n) is 6.27. The first-order valence-electron chi connectivity index (χ1n) is 7.59. The van der Waals surface area contributed by atoms with Gasteiger partial charge in [-0.25, -0.2) is 18.1 Å². The number of nitrogens with zero attached hydrogens (tertiary/aromatic N) is 2. The van der Waals surface area contributed by atoms with Crippen molar-refractivity contribution in [3.05, 3.63) is 16.1 Å². The number of ether oxygens (including phenoxy) is 1. The minimum atomic E-state index is -3.16. The second-order valence-corrected chi connectivity index (χ2v) is 9.16. The Labute approximate surface area is 140 Å². The van der Waals surface area contributed by atoms with Crippen molar-refractivity contribution in [1.29, 1.82) is 0 Å². The lowest BCUT2D eigenvalue weighted by Crippen LogP contribution is -2.66. The molecule has 1 amide bonds. The number of likely N-dealkylation sites (tertiary alicyclic amines) is 1. The van der Waals surface area contributed by atoms with E-state index in [-0.39, 0.29) is 17.4 Å². The van der Waals surface area contributed by atoms with Gasteiger partial charge < -0.3 is 9.64 Å². The maximum absolute atomic E-state index is 12.4. The predicted octanol–water partition coefficient (Wildman–Crippen LogP) is 0.622. The van der Waals surface area contributed by atoms with Crippen molar-refractivity contribution < 1.29 is 17.9 Å². The smallest absolute Gasteiger partial charge is 0.273 e. The van der Waals surface area contributed by atoms with Crippen molar-refractivity contribution in [2.75, 3.05) is 32.5 Å². The summed E-state index contributed by atoms with van der Waals surface area (Å²) in [5, 5.41) is 2.66. The van der Waals surface area contributed by atoms with Crippen LogP contribution in [0, 0.1) is 12.8 Å². The van der Waals surface area contributed by atoms with Gasteiger partial charge in [0.15, 0.2) is 0 Å². The molecule has 2 fully saturated rings. The second kappa shape index (κ2) is 6.12. The van der Waals surface area contributed by atoms with Crippen LogP contribution in [0.15, 0.2) is 5.38 Å². The van der Waals surface area contributed by atoms with Crippen molar-refractivity contribution in [2.24, 2.45) is 5.92 Å². The first kappa shape index (κ1) is 16.8. The Morgan fingerprint density at radius 1 is 1.57 bits per heavy atom. The van der Waals surface area contributed by atoms with Crippen molar-refractivity contribution >= 4 is 27.3 Å². The third-order valence-corrected chi connectivity index (χ3v) is 6.00. The van der Waals surface area contributed by atoms with Crippen molar-refractivity contribution in [1.82, 2.24) is 14.6 Å². The number of carbonyl (C=O) groups is 1. The zero-order valence-electron chi connectivity index (χ0n) is 13.2. The fourth-order valence-corrected chi connectivity index (χ4v) is 4.40. The number of amides is 1. The van der Waals surface area contributed by atoms with E-state index in [2.05, 4.69) is 9.71 Å². The zero-order valence-corrected chi connectivity index (χ0v) is 14.9. The van der Waals surface area contributed by atoms with Crippen LogP contribution >= 0.6 is 11.3 Å². The SMILES string of the molecule is Cc1nc(C(=O)N2CC3(C2)OCC[C@@H]3CCNS(C)(=O)=O)cs1. The van der Waals surface area contributed by atoms with Gasteiger partial charge in [0.1, 0.15) is 11.3 Å². The maximum atomic E-state index is 12.4. The van der Waals surface area contributed by atoms with Gasteiger partial charge in [-0.05, 0) is 25.7 Å². The van der Waals surface area contributed by atoms with Crippen molar-refractivity contribution in [2.45, 2.75) is 25.4 Å². The summed E-state index contributed by atoms with van der Waals surface area (Å²) in [5.74, 6) is 0.224. The van der Waals surface area contributed by atoms with Crippen LogP contribution in [0.5, 0.6) is 0 Å². The maximum Gasteiger partial charge on any atom is 0.273 e. The fourth-order valence-electron chi connectivity index (χ4n) is 3.33. The molecular formula is C14H21N3O4S2. The fraction of sp³-hybridized carbons (Fsp3) is 0.714. The van der Waals surface area contributed by atoms with Gasteiger partial charge in [-0.2, -0.15) is 0 Å². The van der Waals surface area contributed by atoms with Gasteiger partial charge in [-0.1, -0.05) is 0 Å². The molecule has 1 atom stereocenters. The molecule has 1 N–H and O–H groups in total. The summed E-state index contributed by atoms with van der Waals surface area (Å²) >= 11 is 1.47. The standard InChI is InChI=1S/C14H21N3O4S2/c1-10-16-12(7-22-10)13(18)17-8-14(9-17)11(4-6-21-14)3-5-15-23(2,19)20/h7,11,15H,3-6,8-9H2,1-2H3/t11-/m0/s1. The molecule has 2 saturated heterocycles. The molecule has 1 aromatic rings. The summed E-state index contributed by atoms with van der Waals surface area (Å²) in [7, 11) is -3.16. The van der Waals surface area contributed by atoms with E-state index in [9.17, 15) is 13.2 Å². The number of thiazole rings is 1. The molecule has 0 radical (unpaired) electrons. The number of aromatic nitrogens is 1. The molecule has 2 aliphatic heterocycles. The molecule has 0 aliphatic carbocycles. The molecule has 0 aromatic carbocycles. The third-order valence-electron chi connectivity index (χ3n) is 4.50. The number of hydrogen-bond acceptors (Lipinski definition) is 6. The van der Waals surface area contributed by atoms with E-state index in [0.717, 1.165) is 24.1 Å². The van der Waals surface area contributed by atoms with Crippen LogP contribution in [-0.4, -0.2) is 62.3 Å². The molecule has 23 heavy (non-hydrogen) atoms. The molecule has 3 rings (SSSR count). The van der Waals surface area contributed by atoms with Gasteiger partial charge in [0.25, 0.3) is 5.91 Å². The quantitative estimate of drug-likeness (QED) is 0.833. The summed E-state index contributed by atoms with van der Waals surface area (Å²) in [6, 6.07) is 0. The van der Waals surface area contributed by atoms with Crippen LogP contribution in [-0.2, 0) is 14.8 Å². The Hall–Kier alpha value is -1.03.